The maximum atomic E-state index is 13.5. The Morgan fingerprint density at radius 2 is 1.61 bits per heavy atom. The van der Waals surface area contributed by atoms with Crippen molar-refractivity contribution >= 4 is 10.9 Å². The van der Waals surface area contributed by atoms with Gasteiger partial charge in [0.25, 0.3) is 0 Å². The van der Waals surface area contributed by atoms with Crippen molar-refractivity contribution in [3.8, 4) is 11.3 Å². The van der Waals surface area contributed by atoms with Crippen LogP contribution in [-0.2, 0) is 18.0 Å². The third-order valence-corrected chi connectivity index (χ3v) is 5.17. The molecule has 0 unspecified atom stereocenters. The molecule has 0 saturated carbocycles. The van der Waals surface area contributed by atoms with Crippen LogP contribution in [0.3, 0.4) is 0 Å². The highest BCUT2D eigenvalue weighted by Gasteiger charge is 2.34. The van der Waals surface area contributed by atoms with E-state index in [0.29, 0.717) is 18.4 Å². The first kappa shape index (κ1) is 20.5. The summed E-state index contributed by atoms with van der Waals surface area (Å²) >= 11 is 0. The summed E-state index contributed by atoms with van der Waals surface area (Å²) in [5.74, 6) is 0. The number of aromatic nitrogens is 1. The number of benzene rings is 2. The van der Waals surface area contributed by atoms with Crippen LogP contribution >= 0.6 is 0 Å². The van der Waals surface area contributed by atoms with Gasteiger partial charge in [0.2, 0.25) is 0 Å². The predicted octanol–water partition coefficient (Wildman–Crippen LogP) is 6.43. The van der Waals surface area contributed by atoms with Gasteiger partial charge in [-0.1, -0.05) is 57.2 Å². The van der Waals surface area contributed by atoms with Crippen LogP contribution in [0.15, 0.2) is 42.5 Å². The molecule has 3 aromatic rings. The minimum absolute atomic E-state index is 0.0202. The Bertz CT molecular complexity index is 945. The molecule has 5 heteroatoms. The highest BCUT2D eigenvalue weighted by atomic mass is 19.4. The van der Waals surface area contributed by atoms with Crippen LogP contribution in [0, 0.1) is 0 Å². The van der Waals surface area contributed by atoms with Crippen molar-refractivity contribution in [1.82, 2.24) is 4.98 Å². The lowest BCUT2D eigenvalue weighted by atomic mass is 9.86. The van der Waals surface area contributed by atoms with Gasteiger partial charge in [-0.15, -0.1) is 0 Å². The Morgan fingerprint density at radius 1 is 0.929 bits per heavy atom. The molecule has 0 saturated heterocycles. The largest absolute Gasteiger partial charge is 0.418 e. The number of hydrogen-bond donors (Lipinski definition) is 2. The van der Waals surface area contributed by atoms with Crippen molar-refractivity contribution in [3.05, 3.63) is 59.2 Å². The van der Waals surface area contributed by atoms with Crippen LogP contribution in [0.25, 0.3) is 22.2 Å². The molecule has 0 fully saturated rings. The number of alkyl halides is 3. The topological polar surface area (TPSA) is 41.8 Å². The second-order valence-electron chi connectivity index (χ2n) is 8.28. The van der Waals surface area contributed by atoms with Gasteiger partial charge in [-0.3, -0.25) is 0 Å². The number of rotatable bonds is 5. The fourth-order valence-corrected chi connectivity index (χ4v) is 3.60. The Morgan fingerprint density at radius 3 is 2.18 bits per heavy atom. The molecule has 1 aromatic heterocycles. The van der Waals surface area contributed by atoms with E-state index in [0.717, 1.165) is 35.7 Å². The summed E-state index contributed by atoms with van der Waals surface area (Å²) in [5.41, 5.74) is 8.96. The molecule has 1 heterocycles. The number of fused-ring (bicyclic) bond motifs is 1. The number of halogens is 3. The average Bonchev–Trinajstić information content (AvgIpc) is 2.99. The van der Waals surface area contributed by atoms with E-state index in [2.05, 4.69) is 37.9 Å². The van der Waals surface area contributed by atoms with Gasteiger partial charge < -0.3 is 10.7 Å². The quantitative estimate of drug-likeness (QED) is 0.486. The fourth-order valence-electron chi connectivity index (χ4n) is 3.60. The minimum Gasteiger partial charge on any atom is -0.354 e. The van der Waals surface area contributed by atoms with E-state index in [1.54, 1.807) is 6.07 Å². The molecule has 2 nitrogen and oxygen atoms in total. The molecule has 28 heavy (non-hydrogen) atoms. The van der Waals surface area contributed by atoms with Gasteiger partial charge in [0.05, 0.1) is 11.1 Å². The lowest BCUT2D eigenvalue weighted by molar-refractivity contribution is -0.136. The molecule has 3 N–H and O–H groups in total. The van der Waals surface area contributed by atoms with Gasteiger partial charge >= 0.3 is 6.18 Å². The number of nitrogens with one attached hydrogen (secondary N) is 1. The van der Waals surface area contributed by atoms with Crippen LogP contribution in [0.5, 0.6) is 0 Å². The zero-order chi connectivity index (χ0) is 20.5. The molecule has 150 valence electrons. The summed E-state index contributed by atoms with van der Waals surface area (Å²) in [6.07, 6.45) is -2.03. The fraction of sp³-hybridized carbons (Fsp3) is 0.391. The van der Waals surface area contributed by atoms with Crippen LogP contribution in [0.2, 0.25) is 0 Å². The Kier molecular flexibility index (Phi) is 5.57. The zero-order valence-corrected chi connectivity index (χ0v) is 16.6. The molecular formula is C23H27F3N2. The molecule has 0 aliphatic heterocycles. The summed E-state index contributed by atoms with van der Waals surface area (Å²) in [7, 11) is 0. The molecule has 0 bridgehead atoms. The predicted molar refractivity (Wildman–Crippen MR) is 109 cm³/mol. The van der Waals surface area contributed by atoms with Gasteiger partial charge in [0.15, 0.2) is 0 Å². The summed E-state index contributed by atoms with van der Waals surface area (Å²) in [5, 5.41) is 0.641. The summed E-state index contributed by atoms with van der Waals surface area (Å²) in [6.45, 7) is 6.99. The number of aryl methyl sites for hydroxylation is 1. The number of unbranched alkanes of at least 4 members (excludes halogenated alkanes) is 1. The highest BCUT2D eigenvalue weighted by molar-refractivity contribution is 5.93. The lowest BCUT2D eigenvalue weighted by Crippen LogP contribution is -2.10. The van der Waals surface area contributed by atoms with E-state index < -0.39 is 11.7 Å². The van der Waals surface area contributed by atoms with Crippen LogP contribution in [-0.4, -0.2) is 11.5 Å². The second kappa shape index (κ2) is 7.63. The molecule has 0 spiro atoms. The van der Waals surface area contributed by atoms with Gasteiger partial charge in [-0.05, 0) is 54.0 Å². The first-order valence-corrected chi connectivity index (χ1v) is 9.64. The monoisotopic (exact) mass is 388 g/mol. The normalized spacial score (nSPS) is 12.7. The molecule has 0 amide bonds. The first-order valence-electron chi connectivity index (χ1n) is 9.64. The number of nitrogens with two attached hydrogens (primary N) is 1. The Hall–Kier alpha value is -2.27. The number of H-pyrrole nitrogens is 1. The molecule has 0 atom stereocenters. The Labute approximate surface area is 164 Å². The summed E-state index contributed by atoms with van der Waals surface area (Å²) < 4.78 is 40.5. The number of para-hydroxylation sites is 1. The van der Waals surface area contributed by atoms with Gasteiger partial charge in [-0.25, -0.2) is 0 Å². The highest BCUT2D eigenvalue weighted by Crippen LogP contribution is 2.39. The average molecular weight is 388 g/mol. The van der Waals surface area contributed by atoms with E-state index in [-0.39, 0.29) is 10.9 Å². The molecule has 0 aliphatic rings. The van der Waals surface area contributed by atoms with E-state index in [1.807, 2.05) is 12.1 Å². The molecule has 0 aliphatic carbocycles. The smallest absolute Gasteiger partial charge is 0.354 e. The SMILES string of the molecule is CC(C)(C)c1ccc(-c2[nH]c3c(C(F)(F)F)cccc3c2CCCCN)cc1. The standard InChI is InChI=1S/C23H27F3N2/c1-22(2,3)16-12-10-15(11-13-16)20-17(7-4-5-14-27)18-8-6-9-19(21(18)28-20)23(24,25)26/h6,8-13,28H,4-5,7,14,27H2,1-3H3. The minimum atomic E-state index is -4.40. The van der Waals surface area contributed by atoms with Crippen molar-refractivity contribution in [2.24, 2.45) is 5.73 Å². The van der Waals surface area contributed by atoms with E-state index in [9.17, 15) is 13.2 Å². The van der Waals surface area contributed by atoms with E-state index in [1.165, 1.54) is 11.6 Å². The van der Waals surface area contributed by atoms with Crippen molar-refractivity contribution in [1.29, 1.82) is 0 Å². The Balaban J connectivity index is 2.16. The first-order chi connectivity index (χ1) is 13.1. The van der Waals surface area contributed by atoms with Crippen molar-refractivity contribution < 1.29 is 13.2 Å². The van der Waals surface area contributed by atoms with Crippen molar-refractivity contribution in [2.45, 2.75) is 51.6 Å². The maximum Gasteiger partial charge on any atom is 0.418 e. The second-order valence-corrected chi connectivity index (χ2v) is 8.28. The summed E-state index contributed by atoms with van der Waals surface area (Å²) in [4.78, 5) is 3.09. The third-order valence-electron chi connectivity index (χ3n) is 5.17. The lowest BCUT2D eigenvalue weighted by Gasteiger charge is -2.19. The molecular weight excluding hydrogens is 361 g/mol. The van der Waals surface area contributed by atoms with Crippen LogP contribution in [0.4, 0.5) is 13.2 Å². The number of aromatic amines is 1. The van der Waals surface area contributed by atoms with E-state index in [4.69, 9.17) is 5.73 Å². The van der Waals surface area contributed by atoms with Gasteiger partial charge in [0.1, 0.15) is 0 Å². The van der Waals surface area contributed by atoms with Crippen molar-refractivity contribution in [3.63, 3.8) is 0 Å². The van der Waals surface area contributed by atoms with Crippen molar-refractivity contribution in [2.75, 3.05) is 6.54 Å². The summed E-state index contributed by atoms with van der Waals surface area (Å²) in [6, 6.07) is 12.5. The van der Waals surface area contributed by atoms with Crippen LogP contribution < -0.4 is 5.73 Å². The molecule has 3 rings (SSSR count). The van der Waals surface area contributed by atoms with Gasteiger partial charge in [0, 0.05) is 11.1 Å². The van der Waals surface area contributed by atoms with Gasteiger partial charge in [-0.2, -0.15) is 13.2 Å². The molecule has 2 aromatic carbocycles. The molecule has 0 radical (unpaired) electrons. The maximum absolute atomic E-state index is 13.5. The zero-order valence-electron chi connectivity index (χ0n) is 16.6. The third kappa shape index (κ3) is 4.09. The van der Waals surface area contributed by atoms with Crippen LogP contribution in [0.1, 0.15) is 50.3 Å². The van der Waals surface area contributed by atoms with E-state index >= 15 is 0 Å². The number of hydrogen-bond acceptors (Lipinski definition) is 1.